The van der Waals surface area contributed by atoms with Crippen molar-refractivity contribution in [2.24, 2.45) is 5.41 Å². The van der Waals surface area contributed by atoms with Crippen LogP contribution in [0.3, 0.4) is 0 Å². The number of rotatable bonds is 2. The van der Waals surface area contributed by atoms with Gasteiger partial charge in [0.25, 0.3) is 0 Å². The Labute approximate surface area is 124 Å². The third kappa shape index (κ3) is 4.63. The van der Waals surface area contributed by atoms with Crippen LogP contribution in [0.2, 0.25) is 10.0 Å². The molecule has 0 fully saturated rings. The van der Waals surface area contributed by atoms with E-state index < -0.39 is 0 Å². The average molecular weight is 305 g/mol. The van der Waals surface area contributed by atoms with Crippen LogP contribution in [-0.2, 0) is 0 Å². The van der Waals surface area contributed by atoms with Gasteiger partial charge in [-0.2, -0.15) is 0 Å². The second-order valence-corrected chi connectivity index (χ2v) is 6.56. The Morgan fingerprint density at radius 1 is 1.28 bits per heavy atom. The standard InChI is InChI=1S/C13H18Cl2N2S/c1-8(13(2,3)4)16-12(18)17-11-7-9(14)5-6-10(11)15/h5-8H,1-4H3,(H2,16,17,18). The van der Waals surface area contributed by atoms with Gasteiger partial charge in [0.2, 0.25) is 0 Å². The summed E-state index contributed by atoms with van der Waals surface area (Å²) in [5, 5.41) is 8.04. The molecule has 2 nitrogen and oxygen atoms in total. The number of hydrogen-bond donors (Lipinski definition) is 2. The number of nitrogens with one attached hydrogen (secondary N) is 2. The lowest BCUT2D eigenvalue weighted by molar-refractivity contribution is 0.317. The van der Waals surface area contributed by atoms with Crippen molar-refractivity contribution in [2.75, 3.05) is 5.32 Å². The Bertz CT molecular complexity index is 441. The highest BCUT2D eigenvalue weighted by molar-refractivity contribution is 7.80. The number of benzene rings is 1. The summed E-state index contributed by atoms with van der Waals surface area (Å²) >= 11 is 17.2. The van der Waals surface area contributed by atoms with Crippen molar-refractivity contribution in [3.8, 4) is 0 Å². The number of halogens is 2. The second-order valence-electron chi connectivity index (χ2n) is 5.31. The van der Waals surface area contributed by atoms with Crippen LogP contribution in [0.15, 0.2) is 18.2 Å². The maximum Gasteiger partial charge on any atom is 0.171 e. The third-order valence-corrected chi connectivity index (χ3v) is 3.61. The van der Waals surface area contributed by atoms with Gasteiger partial charge in [0, 0.05) is 11.1 Å². The molecule has 1 atom stereocenters. The predicted molar refractivity (Wildman–Crippen MR) is 84.7 cm³/mol. The van der Waals surface area contributed by atoms with Crippen LogP contribution in [0.4, 0.5) is 5.69 Å². The van der Waals surface area contributed by atoms with E-state index in [9.17, 15) is 0 Å². The second kappa shape index (κ2) is 6.09. The van der Waals surface area contributed by atoms with E-state index in [2.05, 4.69) is 38.3 Å². The Morgan fingerprint density at radius 3 is 2.44 bits per heavy atom. The topological polar surface area (TPSA) is 24.1 Å². The lowest BCUT2D eigenvalue weighted by Crippen LogP contribution is -2.43. The van der Waals surface area contributed by atoms with Crippen molar-refractivity contribution in [2.45, 2.75) is 33.7 Å². The Kier molecular flexibility index (Phi) is 5.26. The van der Waals surface area contributed by atoms with E-state index in [0.29, 0.717) is 20.8 Å². The molecule has 0 aliphatic heterocycles. The molecule has 0 bridgehead atoms. The first kappa shape index (κ1) is 15.5. The van der Waals surface area contributed by atoms with Crippen molar-refractivity contribution in [1.82, 2.24) is 5.32 Å². The van der Waals surface area contributed by atoms with Gasteiger partial charge in [-0.25, -0.2) is 0 Å². The van der Waals surface area contributed by atoms with E-state index >= 15 is 0 Å². The number of anilines is 1. The van der Waals surface area contributed by atoms with Crippen LogP contribution in [0.1, 0.15) is 27.7 Å². The molecular formula is C13H18Cl2N2S. The minimum Gasteiger partial charge on any atom is -0.359 e. The molecule has 1 rings (SSSR count). The molecule has 18 heavy (non-hydrogen) atoms. The van der Waals surface area contributed by atoms with Crippen molar-refractivity contribution in [1.29, 1.82) is 0 Å². The van der Waals surface area contributed by atoms with Gasteiger partial charge in [-0.05, 0) is 42.8 Å². The van der Waals surface area contributed by atoms with Crippen LogP contribution >= 0.6 is 35.4 Å². The van der Waals surface area contributed by atoms with Crippen molar-refractivity contribution < 1.29 is 0 Å². The van der Waals surface area contributed by atoms with Gasteiger partial charge in [0.1, 0.15) is 0 Å². The fourth-order valence-electron chi connectivity index (χ4n) is 1.16. The normalized spacial score (nSPS) is 13.0. The zero-order valence-electron chi connectivity index (χ0n) is 11.0. The average Bonchev–Trinajstić information content (AvgIpc) is 2.22. The van der Waals surface area contributed by atoms with Gasteiger partial charge < -0.3 is 10.6 Å². The fraction of sp³-hybridized carbons (Fsp3) is 0.462. The van der Waals surface area contributed by atoms with Gasteiger partial charge in [-0.15, -0.1) is 0 Å². The zero-order valence-corrected chi connectivity index (χ0v) is 13.3. The molecule has 1 aromatic carbocycles. The Morgan fingerprint density at radius 2 is 1.89 bits per heavy atom. The highest BCUT2D eigenvalue weighted by Crippen LogP contribution is 2.25. The minimum absolute atomic E-state index is 0.129. The summed E-state index contributed by atoms with van der Waals surface area (Å²) in [7, 11) is 0. The maximum atomic E-state index is 6.06. The molecule has 1 unspecified atom stereocenters. The minimum atomic E-state index is 0.129. The summed E-state index contributed by atoms with van der Waals surface area (Å²) in [5.41, 5.74) is 0.840. The van der Waals surface area contributed by atoms with Crippen LogP contribution in [0, 0.1) is 5.41 Å². The van der Waals surface area contributed by atoms with E-state index in [4.69, 9.17) is 35.4 Å². The van der Waals surface area contributed by atoms with Gasteiger partial charge in [-0.1, -0.05) is 44.0 Å². The van der Waals surface area contributed by atoms with Crippen LogP contribution in [0.5, 0.6) is 0 Å². The third-order valence-electron chi connectivity index (χ3n) is 2.82. The van der Waals surface area contributed by atoms with Crippen molar-refractivity contribution in [3.05, 3.63) is 28.2 Å². The first-order chi connectivity index (χ1) is 8.20. The largest absolute Gasteiger partial charge is 0.359 e. The Balaban J connectivity index is 2.68. The maximum absolute atomic E-state index is 6.06. The van der Waals surface area contributed by atoms with Crippen molar-refractivity contribution in [3.63, 3.8) is 0 Å². The molecule has 0 heterocycles. The number of hydrogen-bond acceptors (Lipinski definition) is 1. The summed E-state index contributed by atoms with van der Waals surface area (Å²) in [4.78, 5) is 0. The molecule has 0 radical (unpaired) electrons. The quantitative estimate of drug-likeness (QED) is 0.774. The van der Waals surface area contributed by atoms with E-state index in [1.165, 1.54) is 0 Å². The molecule has 0 spiro atoms. The molecule has 0 saturated heterocycles. The van der Waals surface area contributed by atoms with Gasteiger partial charge in [0.15, 0.2) is 5.11 Å². The van der Waals surface area contributed by atoms with Crippen LogP contribution in [-0.4, -0.2) is 11.2 Å². The van der Waals surface area contributed by atoms with Gasteiger partial charge in [-0.3, -0.25) is 0 Å². The first-order valence-corrected chi connectivity index (χ1v) is 6.89. The molecular weight excluding hydrogens is 287 g/mol. The van der Waals surface area contributed by atoms with Crippen molar-refractivity contribution >= 4 is 46.2 Å². The summed E-state index contributed by atoms with van der Waals surface area (Å²) in [5.74, 6) is 0. The van der Waals surface area contributed by atoms with Gasteiger partial charge in [0.05, 0.1) is 10.7 Å². The molecule has 0 aliphatic rings. The SMILES string of the molecule is CC(NC(=S)Nc1cc(Cl)ccc1Cl)C(C)(C)C. The van der Waals surface area contributed by atoms with E-state index in [1.807, 2.05) is 0 Å². The zero-order chi connectivity index (χ0) is 13.9. The molecule has 0 amide bonds. The molecule has 0 aromatic heterocycles. The lowest BCUT2D eigenvalue weighted by atomic mass is 9.88. The van der Waals surface area contributed by atoms with E-state index in [1.54, 1.807) is 18.2 Å². The van der Waals surface area contributed by atoms with Gasteiger partial charge >= 0.3 is 0 Å². The number of thiocarbonyl (C=S) groups is 1. The summed E-state index contributed by atoms with van der Waals surface area (Å²) in [6.45, 7) is 8.55. The lowest BCUT2D eigenvalue weighted by Gasteiger charge is -2.29. The summed E-state index contributed by atoms with van der Waals surface area (Å²) in [6.07, 6.45) is 0. The van der Waals surface area contributed by atoms with E-state index in [0.717, 1.165) is 0 Å². The monoisotopic (exact) mass is 304 g/mol. The molecule has 0 aliphatic carbocycles. The molecule has 100 valence electrons. The Hall–Kier alpha value is -0.510. The summed E-state index contributed by atoms with van der Waals surface area (Å²) < 4.78 is 0. The molecule has 2 N–H and O–H groups in total. The predicted octanol–water partition coefficient (Wildman–Crippen LogP) is 4.71. The van der Waals surface area contributed by atoms with E-state index in [-0.39, 0.29) is 11.5 Å². The first-order valence-electron chi connectivity index (χ1n) is 5.72. The smallest absolute Gasteiger partial charge is 0.171 e. The highest BCUT2D eigenvalue weighted by atomic mass is 35.5. The molecule has 1 aromatic rings. The fourth-order valence-corrected chi connectivity index (χ4v) is 1.79. The highest BCUT2D eigenvalue weighted by Gasteiger charge is 2.20. The summed E-state index contributed by atoms with van der Waals surface area (Å²) in [6, 6.07) is 5.47. The molecule has 0 saturated carbocycles. The van der Waals surface area contributed by atoms with Crippen LogP contribution < -0.4 is 10.6 Å². The van der Waals surface area contributed by atoms with Crippen LogP contribution in [0.25, 0.3) is 0 Å². The molecule has 5 heteroatoms.